The molecular weight excluding hydrogens is 245 g/mol. The highest BCUT2D eigenvalue weighted by molar-refractivity contribution is 5.43. The SMILES string of the molecule is Cc1ccc(OCCOc2cccc(N)c2)cc1F. The van der Waals surface area contributed by atoms with E-state index in [9.17, 15) is 4.39 Å². The fraction of sp³-hybridized carbons (Fsp3) is 0.200. The van der Waals surface area contributed by atoms with Crippen LogP contribution in [0.3, 0.4) is 0 Å². The summed E-state index contributed by atoms with van der Waals surface area (Å²) in [5.41, 5.74) is 6.88. The Morgan fingerprint density at radius 1 is 1.00 bits per heavy atom. The maximum Gasteiger partial charge on any atom is 0.129 e. The normalized spacial score (nSPS) is 10.2. The lowest BCUT2D eigenvalue weighted by Crippen LogP contribution is -2.09. The molecule has 0 fully saturated rings. The van der Waals surface area contributed by atoms with E-state index >= 15 is 0 Å². The van der Waals surface area contributed by atoms with Crippen LogP contribution in [0.4, 0.5) is 10.1 Å². The predicted molar refractivity (Wildman–Crippen MR) is 73.0 cm³/mol. The van der Waals surface area contributed by atoms with Gasteiger partial charge < -0.3 is 15.2 Å². The van der Waals surface area contributed by atoms with Gasteiger partial charge in [-0.1, -0.05) is 12.1 Å². The van der Waals surface area contributed by atoms with Crippen LogP contribution in [0.2, 0.25) is 0 Å². The van der Waals surface area contributed by atoms with Gasteiger partial charge in [-0.2, -0.15) is 0 Å². The first-order chi connectivity index (χ1) is 9.15. The van der Waals surface area contributed by atoms with Crippen molar-refractivity contribution >= 4 is 5.69 Å². The van der Waals surface area contributed by atoms with Crippen molar-refractivity contribution in [3.63, 3.8) is 0 Å². The van der Waals surface area contributed by atoms with Gasteiger partial charge in [-0.3, -0.25) is 0 Å². The standard InChI is InChI=1S/C15H16FNO2/c1-11-5-6-14(10-15(11)16)19-8-7-18-13-4-2-3-12(17)9-13/h2-6,9-10H,7-8,17H2,1H3. The molecule has 2 N–H and O–H groups in total. The molecule has 0 aliphatic heterocycles. The molecule has 0 spiro atoms. The van der Waals surface area contributed by atoms with Crippen LogP contribution in [0.25, 0.3) is 0 Å². The first-order valence-electron chi connectivity index (χ1n) is 6.02. The zero-order valence-electron chi connectivity index (χ0n) is 10.7. The van der Waals surface area contributed by atoms with Crippen molar-refractivity contribution in [2.24, 2.45) is 0 Å². The van der Waals surface area contributed by atoms with Gasteiger partial charge >= 0.3 is 0 Å². The Hall–Kier alpha value is -2.23. The number of hydrogen-bond donors (Lipinski definition) is 1. The summed E-state index contributed by atoms with van der Waals surface area (Å²) < 4.78 is 24.1. The van der Waals surface area contributed by atoms with E-state index in [4.69, 9.17) is 15.2 Å². The number of nitrogens with two attached hydrogens (primary N) is 1. The maximum atomic E-state index is 13.3. The summed E-state index contributed by atoms with van der Waals surface area (Å²) in [5, 5.41) is 0. The Morgan fingerprint density at radius 3 is 2.32 bits per heavy atom. The van der Waals surface area contributed by atoms with Crippen molar-refractivity contribution in [2.45, 2.75) is 6.92 Å². The zero-order valence-corrected chi connectivity index (χ0v) is 10.7. The number of ether oxygens (including phenoxy) is 2. The molecule has 0 aliphatic carbocycles. The van der Waals surface area contributed by atoms with E-state index in [1.807, 2.05) is 12.1 Å². The van der Waals surface area contributed by atoms with Crippen molar-refractivity contribution in [3.8, 4) is 11.5 Å². The van der Waals surface area contributed by atoms with Gasteiger partial charge in [0.2, 0.25) is 0 Å². The monoisotopic (exact) mass is 261 g/mol. The van der Waals surface area contributed by atoms with Crippen molar-refractivity contribution < 1.29 is 13.9 Å². The van der Waals surface area contributed by atoms with Crippen LogP contribution in [-0.2, 0) is 0 Å². The molecule has 3 nitrogen and oxygen atoms in total. The molecule has 0 saturated heterocycles. The van der Waals surface area contributed by atoms with Crippen molar-refractivity contribution in [1.29, 1.82) is 0 Å². The quantitative estimate of drug-likeness (QED) is 0.664. The maximum absolute atomic E-state index is 13.3. The number of rotatable bonds is 5. The summed E-state index contributed by atoms with van der Waals surface area (Å²) >= 11 is 0. The second-order valence-electron chi connectivity index (χ2n) is 4.18. The van der Waals surface area contributed by atoms with Crippen molar-refractivity contribution in [1.82, 2.24) is 0 Å². The molecule has 2 aromatic rings. The van der Waals surface area contributed by atoms with Gasteiger partial charge in [-0.25, -0.2) is 4.39 Å². The molecule has 2 aromatic carbocycles. The molecule has 0 bridgehead atoms. The summed E-state index contributed by atoms with van der Waals surface area (Å²) in [5.74, 6) is 0.923. The fourth-order valence-electron chi connectivity index (χ4n) is 1.59. The molecule has 19 heavy (non-hydrogen) atoms. The number of benzene rings is 2. The Kier molecular flexibility index (Phi) is 4.23. The summed E-state index contributed by atoms with van der Waals surface area (Å²) in [6.45, 7) is 2.43. The topological polar surface area (TPSA) is 44.5 Å². The Labute approximate surface area is 111 Å². The number of nitrogen functional groups attached to an aromatic ring is 1. The molecule has 100 valence electrons. The second kappa shape index (κ2) is 6.09. The molecular formula is C15H16FNO2. The molecule has 2 rings (SSSR count). The Morgan fingerprint density at radius 2 is 1.68 bits per heavy atom. The first kappa shape index (κ1) is 13.2. The highest BCUT2D eigenvalue weighted by atomic mass is 19.1. The van der Waals surface area contributed by atoms with E-state index in [1.54, 1.807) is 31.2 Å². The van der Waals surface area contributed by atoms with E-state index in [1.165, 1.54) is 6.07 Å². The van der Waals surface area contributed by atoms with Gasteiger partial charge in [0, 0.05) is 17.8 Å². The van der Waals surface area contributed by atoms with Gasteiger partial charge in [0.05, 0.1) is 0 Å². The van der Waals surface area contributed by atoms with Gasteiger partial charge in [-0.15, -0.1) is 0 Å². The van der Waals surface area contributed by atoms with Crippen LogP contribution < -0.4 is 15.2 Å². The molecule has 0 aromatic heterocycles. The van der Waals surface area contributed by atoms with Crippen LogP contribution in [0, 0.1) is 12.7 Å². The van der Waals surface area contributed by atoms with Crippen molar-refractivity contribution in [3.05, 3.63) is 53.8 Å². The molecule has 0 heterocycles. The van der Waals surface area contributed by atoms with Gasteiger partial charge in [0.15, 0.2) is 0 Å². The molecule has 0 aliphatic rings. The summed E-state index contributed by atoms with van der Waals surface area (Å²) in [6, 6.07) is 12.0. The average Bonchev–Trinajstić information content (AvgIpc) is 2.39. The first-order valence-corrected chi connectivity index (χ1v) is 6.02. The second-order valence-corrected chi connectivity index (χ2v) is 4.18. The molecule has 4 heteroatoms. The molecule has 0 unspecified atom stereocenters. The number of halogens is 1. The highest BCUT2D eigenvalue weighted by Gasteiger charge is 2.00. The summed E-state index contributed by atoms with van der Waals surface area (Å²) in [6.07, 6.45) is 0. The van der Waals surface area contributed by atoms with Crippen LogP contribution in [-0.4, -0.2) is 13.2 Å². The van der Waals surface area contributed by atoms with Gasteiger partial charge in [-0.05, 0) is 30.7 Å². The fourth-order valence-corrected chi connectivity index (χ4v) is 1.59. The lowest BCUT2D eigenvalue weighted by molar-refractivity contribution is 0.216. The van der Waals surface area contributed by atoms with E-state index in [2.05, 4.69) is 0 Å². The smallest absolute Gasteiger partial charge is 0.129 e. The lowest BCUT2D eigenvalue weighted by atomic mass is 10.2. The molecule has 0 atom stereocenters. The minimum atomic E-state index is -0.269. The summed E-state index contributed by atoms with van der Waals surface area (Å²) in [7, 11) is 0. The van der Waals surface area contributed by atoms with Crippen LogP contribution >= 0.6 is 0 Å². The van der Waals surface area contributed by atoms with Crippen LogP contribution in [0.5, 0.6) is 11.5 Å². The largest absolute Gasteiger partial charge is 0.490 e. The average molecular weight is 261 g/mol. The third-order valence-corrected chi connectivity index (χ3v) is 2.62. The highest BCUT2D eigenvalue weighted by Crippen LogP contribution is 2.16. The van der Waals surface area contributed by atoms with Gasteiger partial charge in [0.1, 0.15) is 30.5 Å². The lowest BCUT2D eigenvalue weighted by Gasteiger charge is -2.09. The molecule has 0 amide bonds. The van der Waals surface area contributed by atoms with E-state index < -0.39 is 0 Å². The van der Waals surface area contributed by atoms with E-state index in [0.29, 0.717) is 36.0 Å². The minimum absolute atomic E-state index is 0.269. The third kappa shape index (κ3) is 3.88. The summed E-state index contributed by atoms with van der Waals surface area (Å²) in [4.78, 5) is 0. The Balaban J connectivity index is 1.79. The van der Waals surface area contributed by atoms with Crippen LogP contribution in [0.1, 0.15) is 5.56 Å². The zero-order chi connectivity index (χ0) is 13.7. The van der Waals surface area contributed by atoms with E-state index in [-0.39, 0.29) is 5.82 Å². The minimum Gasteiger partial charge on any atom is -0.490 e. The van der Waals surface area contributed by atoms with Crippen molar-refractivity contribution in [2.75, 3.05) is 18.9 Å². The van der Waals surface area contributed by atoms with E-state index in [0.717, 1.165) is 0 Å². The predicted octanol–water partition coefficient (Wildman–Crippen LogP) is 3.17. The number of hydrogen-bond acceptors (Lipinski definition) is 3. The third-order valence-electron chi connectivity index (χ3n) is 2.62. The van der Waals surface area contributed by atoms with Crippen LogP contribution in [0.15, 0.2) is 42.5 Å². The Bertz CT molecular complexity index is 558. The van der Waals surface area contributed by atoms with Gasteiger partial charge in [0.25, 0.3) is 0 Å². The number of aryl methyl sites for hydroxylation is 1. The molecule has 0 saturated carbocycles. The number of anilines is 1. The molecule has 0 radical (unpaired) electrons.